The van der Waals surface area contributed by atoms with E-state index in [-0.39, 0.29) is 23.7 Å². The molecule has 0 heterocycles. The van der Waals surface area contributed by atoms with Crippen molar-refractivity contribution in [2.45, 2.75) is 44.9 Å². The van der Waals surface area contributed by atoms with Crippen molar-refractivity contribution < 1.29 is 13.6 Å². The van der Waals surface area contributed by atoms with Crippen molar-refractivity contribution in [1.29, 1.82) is 0 Å². The summed E-state index contributed by atoms with van der Waals surface area (Å²) in [5.74, 6) is -1.21. The highest BCUT2D eigenvalue weighted by Crippen LogP contribution is 2.38. The highest BCUT2D eigenvalue weighted by molar-refractivity contribution is 5.85. The largest absolute Gasteiger partial charge is 0.356 e. The summed E-state index contributed by atoms with van der Waals surface area (Å²) in [5.41, 5.74) is 6.36. The monoisotopic (exact) mass is 346 g/mol. The van der Waals surface area contributed by atoms with E-state index in [1.807, 2.05) is 0 Å². The Hall–Kier alpha value is -1.20. The van der Waals surface area contributed by atoms with Crippen LogP contribution in [0.15, 0.2) is 18.2 Å². The van der Waals surface area contributed by atoms with Crippen LogP contribution in [-0.4, -0.2) is 19.0 Å². The van der Waals surface area contributed by atoms with Crippen molar-refractivity contribution in [3.63, 3.8) is 0 Å². The summed E-state index contributed by atoms with van der Waals surface area (Å²) in [6.07, 6.45) is 6.35. The lowest BCUT2D eigenvalue weighted by atomic mass is 9.71. The molecular formula is C17H25ClF2N2O. The Kier molecular flexibility index (Phi) is 7.92. The number of halogens is 3. The lowest BCUT2D eigenvalue weighted by Crippen LogP contribution is -2.39. The summed E-state index contributed by atoms with van der Waals surface area (Å²) in [5, 5.41) is 2.84. The Bertz CT molecular complexity index is 499. The number of benzene rings is 1. The van der Waals surface area contributed by atoms with Gasteiger partial charge in [-0.3, -0.25) is 4.79 Å². The summed E-state index contributed by atoms with van der Waals surface area (Å²) >= 11 is 0. The van der Waals surface area contributed by atoms with Crippen molar-refractivity contribution >= 4 is 18.3 Å². The zero-order valence-electron chi connectivity index (χ0n) is 13.2. The number of nitrogens with two attached hydrogens (primary N) is 1. The first-order valence-electron chi connectivity index (χ1n) is 7.95. The first-order valence-corrected chi connectivity index (χ1v) is 7.95. The molecule has 1 aromatic rings. The van der Waals surface area contributed by atoms with E-state index in [0.29, 0.717) is 31.5 Å². The van der Waals surface area contributed by atoms with Crippen molar-refractivity contribution in [2.75, 3.05) is 13.1 Å². The van der Waals surface area contributed by atoms with Gasteiger partial charge in [0.25, 0.3) is 0 Å². The molecule has 1 aromatic carbocycles. The summed E-state index contributed by atoms with van der Waals surface area (Å²) in [4.78, 5) is 12.1. The van der Waals surface area contributed by atoms with Crippen LogP contribution in [0, 0.1) is 17.0 Å². The van der Waals surface area contributed by atoms with Gasteiger partial charge in [0.05, 0.1) is 0 Å². The minimum absolute atomic E-state index is 0. The number of hydrogen-bond acceptors (Lipinski definition) is 2. The van der Waals surface area contributed by atoms with Gasteiger partial charge in [-0.25, -0.2) is 8.78 Å². The first-order chi connectivity index (χ1) is 10.5. The standard InChI is InChI=1S/C17H24F2N2O.ClH/c18-14-8-13(9-15(19)10-14)4-7-21-16(22)11-17(12-20)5-2-1-3-6-17;/h8-10H,1-7,11-12,20H2,(H,21,22);1H. The van der Waals surface area contributed by atoms with Crippen LogP contribution >= 0.6 is 12.4 Å². The highest BCUT2D eigenvalue weighted by atomic mass is 35.5. The van der Waals surface area contributed by atoms with Gasteiger partial charge < -0.3 is 11.1 Å². The van der Waals surface area contributed by atoms with Crippen LogP contribution in [0.1, 0.15) is 44.1 Å². The molecule has 1 fully saturated rings. The average molecular weight is 347 g/mol. The lowest BCUT2D eigenvalue weighted by molar-refractivity contribution is -0.123. The van der Waals surface area contributed by atoms with Crippen molar-refractivity contribution in [2.24, 2.45) is 11.1 Å². The molecule has 2 rings (SSSR count). The summed E-state index contributed by atoms with van der Waals surface area (Å²) < 4.78 is 26.2. The zero-order chi connectivity index (χ0) is 16.0. The maximum absolute atomic E-state index is 13.1. The van der Waals surface area contributed by atoms with Crippen LogP contribution < -0.4 is 11.1 Å². The molecule has 6 heteroatoms. The van der Waals surface area contributed by atoms with Gasteiger partial charge in [0, 0.05) is 19.0 Å². The Morgan fingerprint density at radius 1 is 1.13 bits per heavy atom. The third kappa shape index (κ3) is 6.07. The lowest BCUT2D eigenvalue weighted by Gasteiger charge is -2.35. The van der Waals surface area contributed by atoms with Gasteiger partial charge in [-0.2, -0.15) is 0 Å². The van der Waals surface area contributed by atoms with Crippen LogP contribution in [0.4, 0.5) is 8.78 Å². The SMILES string of the molecule is Cl.NCC1(CC(=O)NCCc2cc(F)cc(F)c2)CCCCC1. The molecule has 0 aliphatic heterocycles. The Morgan fingerprint density at radius 2 is 1.74 bits per heavy atom. The predicted molar refractivity (Wildman–Crippen MR) is 89.5 cm³/mol. The molecule has 1 saturated carbocycles. The van der Waals surface area contributed by atoms with Crippen LogP contribution in [0.25, 0.3) is 0 Å². The second-order valence-corrected chi connectivity index (χ2v) is 6.32. The van der Waals surface area contributed by atoms with Gasteiger partial charge in [0.15, 0.2) is 0 Å². The number of hydrogen-bond donors (Lipinski definition) is 2. The van der Waals surface area contributed by atoms with E-state index in [2.05, 4.69) is 5.32 Å². The average Bonchev–Trinajstić information content (AvgIpc) is 2.47. The number of carbonyl (C=O) groups is 1. The minimum atomic E-state index is -0.592. The fourth-order valence-corrected chi connectivity index (χ4v) is 3.26. The van der Waals surface area contributed by atoms with Crippen LogP contribution in [0.5, 0.6) is 0 Å². The molecule has 1 aliphatic rings. The smallest absolute Gasteiger partial charge is 0.220 e. The predicted octanol–water partition coefficient (Wildman–Crippen LogP) is 3.34. The molecule has 0 atom stereocenters. The number of rotatable bonds is 6. The topological polar surface area (TPSA) is 55.1 Å². The summed E-state index contributed by atoms with van der Waals surface area (Å²) in [6, 6.07) is 3.42. The minimum Gasteiger partial charge on any atom is -0.356 e. The van der Waals surface area contributed by atoms with Crippen LogP contribution in [0.3, 0.4) is 0 Å². The van der Waals surface area contributed by atoms with Gasteiger partial charge >= 0.3 is 0 Å². The molecule has 23 heavy (non-hydrogen) atoms. The quantitative estimate of drug-likeness (QED) is 0.830. The summed E-state index contributed by atoms with van der Waals surface area (Å²) in [7, 11) is 0. The number of carbonyl (C=O) groups excluding carboxylic acids is 1. The molecule has 3 nitrogen and oxygen atoms in total. The van der Waals surface area contributed by atoms with Crippen LogP contribution in [-0.2, 0) is 11.2 Å². The van der Waals surface area contributed by atoms with Gasteiger partial charge in [-0.1, -0.05) is 19.3 Å². The highest BCUT2D eigenvalue weighted by Gasteiger charge is 2.32. The third-order valence-electron chi connectivity index (χ3n) is 4.54. The summed E-state index contributed by atoms with van der Waals surface area (Å²) in [6.45, 7) is 0.915. The van der Waals surface area contributed by atoms with Crippen molar-refractivity contribution in [3.8, 4) is 0 Å². The van der Waals surface area contributed by atoms with E-state index in [4.69, 9.17) is 5.73 Å². The Labute approximate surface area is 142 Å². The molecule has 0 aromatic heterocycles. The van der Waals surface area contributed by atoms with E-state index in [9.17, 15) is 13.6 Å². The third-order valence-corrected chi connectivity index (χ3v) is 4.54. The Balaban J connectivity index is 0.00000264. The van der Waals surface area contributed by atoms with Gasteiger partial charge in [-0.15, -0.1) is 12.4 Å². The molecule has 130 valence electrons. The van der Waals surface area contributed by atoms with Crippen molar-refractivity contribution in [1.82, 2.24) is 5.32 Å². The van der Waals surface area contributed by atoms with E-state index in [1.165, 1.54) is 18.6 Å². The fraction of sp³-hybridized carbons (Fsp3) is 0.588. The van der Waals surface area contributed by atoms with E-state index in [1.54, 1.807) is 0 Å². The van der Waals surface area contributed by atoms with Crippen LogP contribution in [0.2, 0.25) is 0 Å². The fourth-order valence-electron chi connectivity index (χ4n) is 3.26. The van der Waals surface area contributed by atoms with Gasteiger partial charge in [-0.05, 0) is 48.9 Å². The normalized spacial score (nSPS) is 16.5. The van der Waals surface area contributed by atoms with Crippen molar-refractivity contribution in [3.05, 3.63) is 35.4 Å². The molecule has 0 unspecified atom stereocenters. The molecule has 0 saturated heterocycles. The van der Waals surface area contributed by atoms with E-state index >= 15 is 0 Å². The second kappa shape index (κ2) is 9.18. The van der Waals surface area contributed by atoms with E-state index < -0.39 is 11.6 Å². The molecule has 1 amide bonds. The van der Waals surface area contributed by atoms with Gasteiger partial charge in [0.2, 0.25) is 5.91 Å². The molecule has 0 bridgehead atoms. The van der Waals surface area contributed by atoms with E-state index in [0.717, 1.165) is 31.7 Å². The zero-order valence-corrected chi connectivity index (χ0v) is 14.1. The first kappa shape index (κ1) is 19.8. The molecular weight excluding hydrogens is 322 g/mol. The maximum atomic E-state index is 13.1. The number of amides is 1. The number of nitrogens with one attached hydrogen (secondary N) is 1. The second-order valence-electron chi connectivity index (χ2n) is 6.32. The maximum Gasteiger partial charge on any atom is 0.220 e. The molecule has 3 N–H and O–H groups in total. The Morgan fingerprint density at radius 3 is 2.30 bits per heavy atom. The molecule has 0 spiro atoms. The molecule has 0 radical (unpaired) electrons. The van der Waals surface area contributed by atoms with Gasteiger partial charge in [0.1, 0.15) is 11.6 Å². The molecule has 1 aliphatic carbocycles.